The normalized spacial score (nSPS) is 34.1. The highest BCUT2D eigenvalue weighted by molar-refractivity contribution is 6.06. The Kier molecular flexibility index (Phi) is 4.83. The number of carbonyl (C=O) groups excluding carboxylic acids is 2. The third kappa shape index (κ3) is 3.60. The highest BCUT2D eigenvalue weighted by Crippen LogP contribution is 2.46. The number of rotatable bonds is 5. The van der Waals surface area contributed by atoms with Crippen LogP contribution in [0.5, 0.6) is 0 Å². The molecule has 3 aliphatic heterocycles. The van der Waals surface area contributed by atoms with Gasteiger partial charge in [-0.3, -0.25) is 14.5 Å². The van der Waals surface area contributed by atoms with Gasteiger partial charge in [-0.15, -0.1) is 0 Å². The second-order valence-electron chi connectivity index (χ2n) is 7.55. The minimum absolute atomic E-state index is 0.208. The Balaban J connectivity index is 1.51. The second kappa shape index (κ2) is 7.04. The summed E-state index contributed by atoms with van der Waals surface area (Å²) in [6.45, 7) is 3.17. The number of amides is 1. The lowest BCUT2D eigenvalue weighted by atomic mass is 10.1. The van der Waals surface area contributed by atoms with Gasteiger partial charge in [0.05, 0.1) is 13.0 Å². The van der Waals surface area contributed by atoms with Crippen molar-refractivity contribution in [3.05, 3.63) is 48.2 Å². The summed E-state index contributed by atoms with van der Waals surface area (Å²) in [4.78, 5) is 24.9. The number of fused-ring (bicyclic) bond motifs is 1. The molecule has 2 saturated heterocycles. The van der Waals surface area contributed by atoms with Gasteiger partial charge in [0.1, 0.15) is 12.7 Å². The van der Waals surface area contributed by atoms with Crippen molar-refractivity contribution in [2.24, 2.45) is 0 Å². The molecule has 8 heteroatoms. The summed E-state index contributed by atoms with van der Waals surface area (Å²) >= 11 is 0. The van der Waals surface area contributed by atoms with Crippen LogP contribution in [-0.2, 0) is 35.1 Å². The number of ketones is 1. The molecule has 1 amide bonds. The first-order valence-electron chi connectivity index (χ1n) is 9.14. The van der Waals surface area contributed by atoms with E-state index in [0.29, 0.717) is 0 Å². The Bertz CT molecular complexity index is 797. The zero-order valence-electron chi connectivity index (χ0n) is 15.7. The summed E-state index contributed by atoms with van der Waals surface area (Å²) in [7, 11) is 0. The molecule has 2 fully saturated rings. The summed E-state index contributed by atoms with van der Waals surface area (Å²) in [5.74, 6) is -4.11. The number of allylic oxidation sites excluding steroid dienone is 1. The molecule has 7 nitrogen and oxygen atoms in total. The van der Waals surface area contributed by atoms with Crippen LogP contribution in [0.1, 0.15) is 25.8 Å². The van der Waals surface area contributed by atoms with Gasteiger partial charge >= 0.3 is 0 Å². The fraction of sp³-hybridized carbons (Fsp3) is 0.500. The van der Waals surface area contributed by atoms with Gasteiger partial charge in [0, 0.05) is 6.20 Å². The van der Waals surface area contributed by atoms with Gasteiger partial charge in [0.15, 0.2) is 23.9 Å². The molecule has 0 saturated carbocycles. The number of nitrogens with zero attached hydrogens (tertiary/aromatic N) is 1. The third-order valence-corrected chi connectivity index (χ3v) is 4.87. The second-order valence-corrected chi connectivity index (χ2v) is 7.55. The quantitative estimate of drug-likeness (QED) is 0.716. The van der Waals surface area contributed by atoms with Crippen LogP contribution in [0.3, 0.4) is 0 Å². The van der Waals surface area contributed by atoms with Gasteiger partial charge < -0.3 is 18.9 Å². The molecule has 3 aliphatic rings. The lowest BCUT2D eigenvalue weighted by Crippen LogP contribution is -2.46. The van der Waals surface area contributed by atoms with Crippen molar-refractivity contribution in [1.29, 1.82) is 0 Å². The molecule has 1 aromatic rings. The molecule has 4 atom stereocenters. The Morgan fingerprint density at radius 2 is 1.93 bits per heavy atom. The maximum atomic E-state index is 15.7. The highest BCUT2D eigenvalue weighted by atomic mass is 19.2. The summed E-state index contributed by atoms with van der Waals surface area (Å²) in [5, 5.41) is 0. The van der Waals surface area contributed by atoms with Gasteiger partial charge in [-0.2, -0.15) is 0 Å². The largest absolute Gasteiger partial charge is 0.371 e. The van der Waals surface area contributed by atoms with Crippen molar-refractivity contribution < 1.29 is 32.9 Å². The summed E-state index contributed by atoms with van der Waals surface area (Å²) in [5.41, 5.74) is 0.897. The molecule has 0 bridgehead atoms. The van der Waals surface area contributed by atoms with Gasteiger partial charge in [-0.1, -0.05) is 30.3 Å². The minimum atomic E-state index is -2.30. The van der Waals surface area contributed by atoms with Gasteiger partial charge in [0.2, 0.25) is 5.91 Å². The molecule has 1 aromatic carbocycles. The summed E-state index contributed by atoms with van der Waals surface area (Å²) in [6, 6.07) is 9.37. The Hall–Kier alpha value is -2.13. The van der Waals surface area contributed by atoms with E-state index in [1.807, 2.05) is 30.3 Å². The SMILES string of the molecule is CC1(C)O[C@H]2[C@H](N3C=CC(=O)CC3=O)O[C@](F)(COCc3ccccc3)[C@H]2O1. The van der Waals surface area contributed by atoms with E-state index in [1.54, 1.807) is 13.8 Å². The predicted molar refractivity (Wildman–Crippen MR) is 94.2 cm³/mol. The third-order valence-electron chi connectivity index (χ3n) is 4.87. The Labute approximate surface area is 162 Å². The molecule has 4 rings (SSSR count). The molecule has 150 valence electrons. The van der Waals surface area contributed by atoms with Crippen molar-refractivity contribution in [3.63, 3.8) is 0 Å². The molecule has 0 N–H and O–H groups in total. The van der Waals surface area contributed by atoms with Crippen molar-refractivity contribution in [2.75, 3.05) is 6.61 Å². The van der Waals surface area contributed by atoms with E-state index in [9.17, 15) is 9.59 Å². The number of hydrogen-bond donors (Lipinski definition) is 0. The van der Waals surface area contributed by atoms with Crippen molar-refractivity contribution in [1.82, 2.24) is 4.90 Å². The van der Waals surface area contributed by atoms with Crippen LogP contribution in [0.4, 0.5) is 4.39 Å². The lowest BCUT2D eigenvalue weighted by molar-refractivity contribution is -0.271. The summed E-state index contributed by atoms with van der Waals surface area (Å²) in [6.07, 6.45) is -0.675. The van der Waals surface area contributed by atoms with E-state index >= 15 is 4.39 Å². The van der Waals surface area contributed by atoms with Gasteiger partial charge in [-0.25, -0.2) is 4.39 Å². The first-order valence-corrected chi connectivity index (χ1v) is 9.14. The van der Waals surface area contributed by atoms with Gasteiger partial charge in [0.25, 0.3) is 5.85 Å². The molecule has 0 aliphatic carbocycles. The van der Waals surface area contributed by atoms with Crippen molar-refractivity contribution in [3.8, 4) is 0 Å². The monoisotopic (exact) mass is 391 g/mol. The molecular weight excluding hydrogens is 369 g/mol. The number of halogens is 1. The molecular formula is C20H22FNO6. The fourth-order valence-corrected chi connectivity index (χ4v) is 3.65. The predicted octanol–water partition coefficient (Wildman–Crippen LogP) is 2.06. The van der Waals surface area contributed by atoms with E-state index < -0.39 is 36.0 Å². The molecule has 0 aromatic heterocycles. The number of carbonyl (C=O) groups is 2. The van der Waals surface area contributed by atoms with Crippen LogP contribution >= 0.6 is 0 Å². The molecule has 0 unspecified atom stereocenters. The topological polar surface area (TPSA) is 74.3 Å². The molecule has 3 heterocycles. The van der Waals surface area contributed by atoms with Crippen LogP contribution in [0.25, 0.3) is 0 Å². The van der Waals surface area contributed by atoms with Crippen LogP contribution in [0, 0.1) is 0 Å². The number of benzene rings is 1. The smallest absolute Gasteiger partial charge is 0.263 e. The first-order chi connectivity index (χ1) is 13.3. The number of ether oxygens (including phenoxy) is 4. The average molecular weight is 391 g/mol. The maximum absolute atomic E-state index is 15.7. The maximum Gasteiger partial charge on any atom is 0.263 e. The summed E-state index contributed by atoms with van der Waals surface area (Å²) < 4.78 is 38.4. The van der Waals surface area contributed by atoms with Gasteiger partial charge in [-0.05, 0) is 25.5 Å². The average Bonchev–Trinajstić information content (AvgIpc) is 3.09. The van der Waals surface area contributed by atoms with Crippen molar-refractivity contribution >= 4 is 11.7 Å². The lowest BCUT2D eigenvalue weighted by Gasteiger charge is -2.32. The van der Waals surface area contributed by atoms with E-state index in [2.05, 4.69) is 0 Å². The fourth-order valence-electron chi connectivity index (χ4n) is 3.65. The van der Waals surface area contributed by atoms with Crippen molar-refractivity contribution in [2.45, 2.75) is 57.0 Å². The number of alkyl halides is 1. The molecule has 0 spiro atoms. The Morgan fingerprint density at radius 1 is 1.18 bits per heavy atom. The zero-order valence-corrected chi connectivity index (χ0v) is 15.7. The Morgan fingerprint density at radius 3 is 2.64 bits per heavy atom. The first kappa shape index (κ1) is 19.2. The zero-order chi connectivity index (χ0) is 19.9. The van der Waals surface area contributed by atoms with E-state index in [1.165, 1.54) is 17.2 Å². The van der Waals surface area contributed by atoms with E-state index in [0.717, 1.165) is 5.56 Å². The van der Waals surface area contributed by atoms with E-state index in [4.69, 9.17) is 18.9 Å². The van der Waals surface area contributed by atoms with Crippen LogP contribution < -0.4 is 0 Å². The highest BCUT2D eigenvalue weighted by Gasteiger charge is 2.65. The van der Waals surface area contributed by atoms with Crippen LogP contribution in [0.2, 0.25) is 0 Å². The standard InChI is InChI=1S/C20H22FNO6/c1-19(2)26-16-17(27-19)20(21,12-25-11-13-6-4-3-5-7-13)28-18(16)22-9-8-14(23)10-15(22)24/h3-9,16-18H,10-12H2,1-2H3/t16-,17+,18-,20-/m1/s1. The number of hydrogen-bond acceptors (Lipinski definition) is 6. The van der Waals surface area contributed by atoms with Crippen LogP contribution in [0.15, 0.2) is 42.6 Å². The minimum Gasteiger partial charge on any atom is -0.371 e. The molecule has 0 radical (unpaired) electrons. The van der Waals surface area contributed by atoms with E-state index in [-0.39, 0.29) is 25.4 Å². The molecule has 28 heavy (non-hydrogen) atoms. The van der Waals surface area contributed by atoms with Crippen LogP contribution in [-0.4, -0.2) is 53.3 Å².